The molecule has 0 saturated carbocycles. The van der Waals surface area contributed by atoms with Gasteiger partial charge in [0.25, 0.3) is 0 Å². The van der Waals surface area contributed by atoms with Crippen LogP contribution in [0.5, 0.6) is 0 Å². The van der Waals surface area contributed by atoms with E-state index >= 15 is 0 Å². The van der Waals surface area contributed by atoms with Gasteiger partial charge in [-0.1, -0.05) is 0 Å². The Labute approximate surface area is 102 Å². The Morgan fingerprint density at radius 2 is 1.27 bits per heavy atom. The molecule has 0 aromatic rings. The van der Waals surface area contributed by atoms with Crippen LogP contribution in [0.3, 0.4) is 0 Å². The molecule has 2 fully saturated rings. The van der Waals surface area contributed by atoms with E-state index in [-0.39, 0.29) is 26.4 Å². The van der Waals surface area contributed by atoms with Gasteiger partial charge in [-0.15, -0.1) is 0 Å². The minimum absolute atomic E-state index is 0.246. The summed E-state index contributed by atoms with van der Waals surface area (Å²) in [6.07, 6.45) is 0. The second kappa shape index (κ2) is 3.80. The SMILES string of the molecule is OC(C(Cl)(Cl)Cl)P12(OCCO1)OCCO2. The Bertz CT molecular complexity index is 234. The Morgan fingerprint density at radius 3 is 1.53 bits per heavy atom. The van der Waals surface area contributed by atoms with Crippen LogP contribution in [0.2, 0.25) is 0 Å². The van der Waals surface area contributed by atoms with Gasteiger partial charge >= 0.3 is 102 Å². The van der Waals surface area contributed by atoms with Crippen molar-refractivity contribution in [2.75, 3.05) is 26.4 Å². The van der Waals surface area contributed by atoms with Crippen molar-refractivity contribution in [3.05, 3.63) is 0 Å². The molecule has 0 aromatic heterocycles. The van der Waals surface area contributed by atoms with Crippen molar-refractivity contribution in [2.45, 2.75) is 9.64 Å². The summed E-state index contributed by atoms with van der Waals surface area (Å²) >= 11 is 16.9. The quantitative estimate of drug-likeness (QED) is 0.593. The monoisotopic (exact) mass is 298 g/mol. The maximum atomic E-state index is 9.99. The Hall–Kier alpha value is 1.10. The molecule has 0 aliphatic carbocycles. The molecule has 2 heterocycles. The van der Waals surface area contributed by atoms with Crippen molar-refractivity contribution in [3.8, 4) is 0 Å². The van der Waals surface area contributed by atoms with Crippen LogP contribution in [0.25, 0.3) is 0 Å². The van der Waals surface area contributed by atoms with Gasteiger partial charge in [0.1, 0.15) is 0 Å². The third-order valence-corrected chi connectivity index (χ3v) is 7.01. The molecule has 2 saturated heterocycles. The number of hydrogen-bond donors (Lipinski definition) is 1. The molecule has 2 rings (SSSR count). The molecular formula is C6H10Cl3O5P. The first kappa shape index (κ1) is 12.6. The molecule has 0 radical (unpaired) electrons. The second-order valence-corrected chi connectivity index (χ2v) is 8.75. The van der Waals surface area contributed by atoms with Gasteiger partial charge < -0.3 is 0 Å². The molecule has 1 spiro atoms. The normalized spacial score (nSPS) is 33.7. The van der Waals surface area contributed by atoms with Gasteiger partial charge in [-0.3, -0.25) is 0 Å². The number of halogens is 3. The van der Waals surface area contributed by atoms with Crippen molar-refractivity contribution < 1.29 is 23.2 Å². The Balaban J connectivity index is 2.35. The van der Waals surface area contributed by atoms with Gasteiger partial charge in [0.2, 0.25) is 0 Å². The van der Waals surface area contributed by atoms with E-state index in [1.54, 1.807) is 0 Å². The zero-order valence-corrected chi connectivity index (χ0v) is 10.7. The first-order chi connectivity index (χ1) is 6.89. The molecule has 1 N–H and O–H groups in total. The van der Waals surface area contributed by atoms with E-state index in [9.17, 15) is 5.11 Å². The topological polar surface area (TPSA) is 57.2 Å². The number of alkyl halides is 3. The van der Waals surface area contributed by atoms with Crippen molar-refractivity contribution in [1.29, 1.82) is 0 Å². The summed E-state index contributed by atoms with van der Waals surface area (Å²) in [5, 5.41) is 9.99. The molecule has 9 heteroatoms. The molecule has 0 bridgehead atoms. The van der Waals surface area contributed by atoms with E-state index in [0.29, 0.717) is 0 Å². The predicted molar refractivity (Wildman–Crippen MR) is 57.0 cm³/mol. The van der Waals surface area contributed by atoms with Crippen LogP contribution in [0.1, 0.15) is 0 Å². The van der Waals surface area contributed by atoms with Crippen LogP contribution in [0.4, 0.5) is 0 Å². The average Bonchev–Trinajstić information content (AvgIpc) is 2.75. The molecule has 2 aliphatic heterocycles. The fourth-order valence-electron chi connectivity index (χ4n) is 1.55. The van der Waals surface area contributed by atoms with Crippen LogP contribution in [0.15, 0.2) is 0 Å². The number of aliphatic hydroxyl groups excluding tert-OH is 1. The van der Waals surface area contributed by atoms with Gasteiger partial charge in [0, 0.05) is 0 Å². The van der Waals surface area contributed by atoms with Gasteiger partial charge in [-0.05, 0) is 0 Å². The number of rotatable bonds is 1. The summed E-state index contributed by atoms with van der Waals surface area (Å²) in [6.45, 7) is 0.983. The Morgan fingerprint density at radius 1 is 0.933 bits per heavy atom. The van der Waals surface area contributed by atoms with E-state index < -0.39 is 17.1 Å². The number of hydrogen-bond acceptors (Lipinski definition) is 5. The van der Waals surface area contributed by atoms with Gasteiger partial charge in [0.15, 0.2) is 0 Å². The molecule has 15 heavy (non-hydrogen) atoms. The minimum atomic E-state index is -4.08. The van der Waals surface area contributed by atoms with E-state index in [4.69, 9.17) is 52.9 Å². The predicted octanol–water partition coefficient (Wildman–Crippen LogP) is 1.98. The van der Waals surface area contributed by atoms with E-state index in [1.165, 1.54) is 0 Å². The Kier molecular flexibility index (Phi) is 3.18. The van der Waals surface area contributed by atoms with Crippen molar-refractivity contribution in [3.63, 3.8) is 0 Å². The van der Waals surface area contributed by atoms with Crippen LogP contribution >= 0.6 is 42.3 Å². The maximum absolute atomic E-state index is 9.99. The number of aliphatic hydroxyl groups is 1. The zero-order valence-electron chi connectivity index (χ0n) is 7.57. The zero-order chi connectivity index (χ0) is 11.2. The first-order valence-electron chi connectivity index (χ1n) is 4.26. The van der Waals surface area contributed by atoms with Crippen molar-refractivity contribution in [2.24, 2.45) is 0 Å². The van der Waals surface area contributed by atoms with Crippen LogP contribution in [-0.4, -0.2) is 41.2 Å². The standard InChI is InChI=1S/C6H10Cl3O5P/c7-6(8,9)5(10)15(11-1-2-12-15)13-3-4-14-15/h5,10H,1-4H2. The first-order valence-corrected chi connectivity index (χ1v) is 7.37. The molecule has 1 atom stereocenters. The molecule has 2 aliphatic rings. The molecule has 5 nitrogen and oxygen atoms in total. The van der Waals surface area contributed by atoms with Crippen molar-refractivity contribution >= 4 is 42.3 Å². The summed E-state index contributed by atoms with van der Waals surface area (Å²) in [4.78, 5) is 0. The fraction of sp³-hybridized carbons (Fsp3) is 1.00. The van der Waals surface area contributed by atoms with Crippen molar-refractivity contribution in [1.82, 2.24) is 0 Å². The summed E-state index contributed by atoms with van der Waals surface area (Å²) in [7, 11) is -4.08. The molecule has 0 aromatic carbocycles. The second-order valence-electron chi connectivity index (χ2n) is 3.12. The van der Waals surface area contributed by atoms with E-state index in [2.05, 4.69) is 0 Å². The van der Waals surface area contributed by atoms with E-state index in [0.717, 1.165) is 0 Å². The molecule has 1 unspecified atom stereocenters. The van der Waals surface area contributed by atoms with Gasteiger partial charge in [-0.2, -0.15) is 0 Å². The molecule has 0 amide bonds. The third-order valence-electron chi connectivity index (χ3n) is 2.15. The molecular weight excluding hydrogens is 289 g/mol. The summed E-state index contributed by atoms with van der Waals surface area (Å²) in [5.41, 5.74) is 0. The molecule has 90 valence electrons. The third kappa shape index (κ3) is 1.88. The fourth-order valence-corrected chi connectivity index (χ4v) is 6.09. The van der Waals surface area contributed by atoms with Crippen LogP contribution in [0, 0.1) is 0 Å². The van der Waals surface area contributed by atoms with Gasteiger partial charge in [0.05, 0.1) is 0 Å². The van der Waals surface area contributed by atoms with Crippen LogP contribution in [-0.2, 0) is 18.1 Å². The van der Waals surface area contributed by atoms with Crippen LogP contribution < -0.4 is 0 Å². The summed E-state index contributed by atoms with van der Waals surface area (Å²) < 4.78 is 19.4. The summed E-state index contributed by atoms with van der Waals surface area (Å²) in [6, 6.07) is 0. The average molecular weight is 299 g/mol. The summed E-state index contributed by atoms with van der Waals surface area (Å²) in [5.74, 6) is -1.57. The van der Waals surface area contributed by atoms with Gasteiger partial charge in [-0.25, -0.2) is 0 Å². The van der Waals surface area contributed by atoms with E-state index in [1.807, 2.05) is 0 Å².